The molecule has 2 amide bonds. The van der Waals surface area contributed by atoms with Crippen LogP contribution in [0.25, 0.3) is 0 Å². The molecule has 1 saturated carbocycles. The summed E-state index contributed by atoms with van der Waals surface area (Å²) in [5, 5.41) is 0. The van der Waals surface area contributed by atoms with Gasteiger partial charge in [0.1, 0.15) is 0 Å². The number of piperidine rings is 1. The Morgan fingerprint density at radius 3 is 2.35 bits per heavy atom. The Balaban J connectivity index is 1.87. The quantitative estimate of drug-likeness (QED) is 0.763. The number of hydrogen-bond donors (Lipinski definition) is 0. The molecular formula is C15H26N2O3. The number of nitrogens with zero attached hydrogens (tertiary/aromatic N) is 2. The molecule has 0 atom stereocenters. The van der Waals surface area contributed by atoms with Crippen molar-refractivity contribution >= 4 is 11.8 Å². The number of ether oxygens (including phenoxy) is 1. The molecule has 5 nitrogen and oxygen atoms in total. The van der Waals surface area contributed by atoms with Crippen LogP contribution >= 0.6 is 0 Å². The maximum absolute atomic E-state index is 12.6. The van der Waals surface area contributed by atoms with Crippen LogP contribution in [0.3, 0.4) is 0 Å². The number of hydrogen-bond acceptors (Lipinski definition) is 3. The molecule has 0 N–H and O–H groups in total. The number of rotatable bonds is 5. The van der Waals surface area contributed by atoms with Crippen molar-refractivity contribution in [2.75, 3.05) is 33.9 Å². The highest BCUT2D eigenvalue weighted by atomic mass is 16.5. The SMILES string of the molecule is CCC(=O)N1CCC(C(=O)N(C)C2(COC)CC2)CC1. The molecule has 2 rings (SSSR count). The van der Waals surface area contributed by atoms with Gasteiger partial charge >= 0.3 is 0 Å². The highest BCUT2D eigenvalue weighted by Crippen LogP contribution is 2.42. The number of methoxy groups -OCH3 is 1. The van der Waals surface area contributed by atoms with E-state index in [1.54, 1.807) is 7.11 Å². The fourth-order valence-corrected chi connectivity index (χ4v) is 3.10. The van der Waals surface area contributed by atoms with Crippen molar-refractivity contribution in [3.05, 3.63) is 0 Å². The van der Waals surface area contributed by atoms with E-state index in [0.717, 1.165) is 25.7 Å². The Hall–Kier alpha value is -1.10. The predicted molar refractivity (Wildman–Crippen MR) is 76.2 cm³/mol. The number of likely N-dealkylation sites (N-methyl/N-ethyl adjacent to an activating group) is 1. The average molecular weight is 282 g/mol. The predicted octanol–water partition coefficient (Wildman–Crippen LogP) is 1.27. The molecule has 1 aliphatic heterocycles. The summed E-state index contributed by atoms with van der Waals surface area (Å²) in [6, 6.07) is 0. The molecule has 0 aromatic heterocycles. The van der Waals surface area contributed by atoms with Crippen molar-refractivity contribution in [1.29, 1.82) is 0 Å². The van der Waals surface area contributed by atoms with Gasteiger partial charge in [-0.3, -0.25) is 9.59 Å². The lowest BCUT2D eigenvalue weighted by molar-refractivity contribution is -0.142. The van der Waals surface area contributed by atoms with E-state index in [9.17, 15) is 9.59 Å². The highest BCUT2D eigenvalue weighted by molar-refractivity contribution is 5.81. The van der Waals surface area contributed by atoms with E-state index >= 15 is 0 Å². The Bertz CT molecular complexity index is 371. The Morgan fingerprint density at radius 1 is 1.30 bits per heavy atom. The molecule has 1 aliphatic carbocycles. The third-order valence-corrected chi connectivity index (χ3v) is 4.78. The lowest BCUT2D eigenvalue weighted by Gasteiger charge is -2.36. The normalized spacial score (nSPS) is 21.6. The second-order valence-electron chi connectivity index (χ2n) is 6.06. The van der Waals surface area contributed by atoms with Gasteiger partial charge < -0.3 is 14.5 Å². The summed E-state index contributed by atoms with van der Waals surface area (Å²) in [5.41, 5.74) is -0.0534. The molecule has 2 fully saturated rings. The first-order valence-corrected chi connectivity index (χ1v) is 7.58. The van der Waals surface area contributed by atoms with Crippen molar-refractivity contribution in [3.63, 3.8) is 0 Å². The second-order valence-corrected chi connectivity index (χ2v) is 6.06. The van der Waals surface area contributed by atoms with Gasteiger partial charge in [-0.25, -0.2) is 0 Å². The van der Waals surface area contributed by atoms with Gasteiger partial charge in [-0.15, -0.1) is 0 Å². The van der Waals surface area contributed by atoms with E-state index in [1.807, 2.05) is 23.8 Å². The maximum atomic E-state index is 12.6. The van der Waals surface area contributed by atoms with E-state index < -0.39 is 0 Å². The summed E-state index contributed by atoms with van der Waals surface area (Å²) in [6.45, 7) is 3.94. The monoisotopic (exact) mass is 282 g/mol. The van der Waals surface area contributed by atoms with Gasteiger partial charge in [-0.2, -0.15) is 0 Å². The minimum atomic E-state index is -0.0534. The first kappa shape index (κ1) is 15.3. The molecule has 5 heteroatoms. The third kappa shape index (κ3) is 2.97. The van der Waals surface area contributed by atoms with Crippen LogP contribution in [0.1, 0.15) is 39.0 Å². The maximum Gasteiger partial charge on any atom is 0.226 e. The number of carbonyl (C=O) groups is 2. The van der Waals surface area contributed by atoms with Crippen LogP contribution in [0.15, 0.2) is 0 Å². The van der Waals surface area contributed by atoms with Gasteiger partial charge in [0, 0.05) is 39.6 Å². The topological polar surface area (TPSA) is 49.9 Å². The minimum Gasteiger partial charge on any atom is -0.382 e. The molecule has 0 unspecified atom stereocenters. The van der Waals surface area contributed by atoms with Crippen LogP contribution in [-0.4, -0.2) is 61.0 Å². The Morgan fingerprint density at radius 2 is 1.90 bits per heavy atom. The molecule has 0 aromatic carbocycles. The van der Waals surface area contributed by atoms with Crippen molar-refractivity contribution in [3.8, 4) is 0 Å². The first-order chi connectivity index (χ1) is 9.54. The standard InChI is InChI=1S/C15H26N2O3/c1-4-13(18)17-9-5-12(6-10-17)14(19)16(2)15(7-8-15)11-20-3/h12H,4-11H2,1-3H3. The Kier molecular flexibility index (Phi) is 4.68. The zero-order valence-corrected chi connectivity index (χ0v) is 12.9. The molecule has 20 heavy (non-hydrogen) atoms. The van der Waals surface area contributed by atoms with Crippen LogP contribution in [0.4, 0.5) is 0 Å². The largest absolute Gasteiger partial charge is 0.382 e. The average Bonchev–Trinajstić information content (AvgIpc) is 3.26. The molecular weight excluding hydrogens is 256 g/mol. The van der Waals surface area contributed by atoms with E-state index in [2.05, 4.69) is 0 Å². The molecule has 2 aliphatic rings. The molecule has 0 aromatic rings. The molecule has 1 saturated heterocycles. The van der Waals surface area contributed by atoms with Crippen LogP contribution in [-0.2, 0) is 14.3 Å². The van der Waals surface area contributed by atoms with Crippen LogP contribution in [0.2, 0.25) is 0 Å². The van der Waals surface area contributed by atoms with E-state index in [4.69, 9.17) is 4.74 Å². The van der Waals surface area contributed by atoms with Gasteiger partial charge in [0.25, 0.3) is 0 Å². The summed E-state index contributed by atoms with van der Waals surface area (Å²) < 4.78 is 5.24. The summed E-state index contributed by atoms with van der Waals surface area (Å²) in [4.78, 5) is 28.0. The number of amides is 2. The van der Waals surface area contributed by atoms with Crippen molar-refractivity contribution in [1.82, 2.24) is 9.80 Å². The van der Waals surface area contributed by atoms with Crippen LogP contribution in [0.5, 0.6) is 0 Å². The molecule has 0 bridgehead atoms. The van der Waals surface area contributed by atoms with Crippen molar-refractivity contribution < 1.29 is 14.3 Å². The zero-order chi connectivity index (χ0) is 14.8. The van der Waals surface area contributed by atoms with Crippen molar-refractivity contribution in [2.24, 2.45) is 5.92 Å². The minimum absolute atomic E-state index is 0.0534. The summed E-state index contributed by atoms with van der Waals surface area (Å²) in [5.74, 6) is 0.487. The van der Waals surface area contributed by atoms with Gasteiger partial charge in [-0.1, -0.05) is 6.92 Å². The summed E-state index contributed by atoms with van der Waals surface area (Å²) in [7, 11) is 3.59. The zero-order valence-electron chi connectivity index (χ0n) is 12.9. The lowest BCUT2D eigenvalue weighted by Crippen LogP contribution is -2.48. The fourth-order valence-electron chi connectivity index (χ4n) is 3.10. The molecule has 0 radical (unpaired) electrons. The fraction of sp³-hybridized carbons (Fsp3) is 0.867. The highest BCUT2D eigenvalue weighted by Gasteiger charge is 2.49. The molecule has 0 spiro atoms. The van der Waals surface area contributed by atoms with E-state index in [0.29, 0.717) is 26.1 Å². The van der Waals surface area contributed by atoms with Crippen LogP contribution < -0.4 is 0 Å². The molecule has 114 valence electrons. The lowest BCUT2D eigenvalue weighted by atomic mass is 9.94. The van der Waals surface area contributed by atoms with Gasteiger partial charge in [0.15, 0.2) is 0 Å². The van der Waals surface area contributed by atoms with Gasteiger partial charge in [0.2, 0.25) is 11.8 Å². The summed E-state index contributed by atoms with van der Waals surface area (Å²) >= 11 is 0. The van der Waals surface area contributed by atoms with Gasteiger partial charge in [0.05, 0.1) is 12.1 Å². The molecule has 1 heterocycles. The number of carbonyl (C=O) groups excluding carboxylic acids is 2. The van der Waals surface area contributed by atoms with E-state index in [-0.39, 0.29) is 23.3 Å². The van der Waals surface area contributed by atoms with E-state index in [1.165, 1.54) is 0 Å². The van der Waals surface area contributed by atoms with Crippen molar-refractivity contribution in [2.45, 2.75) is 44.6 Å². The summed E-state index contributed by atoms with van der Waals surface area (Å²) in [6.07, 6.45) is 4.21. The Labute approximate surface area is 121 Å². The third-order valence-electron chi connectivity index (χ3n) is 4.78. The van der Waals surface area contributed by atoms with Crippen LogP contribution in [0, 0.1) is 5.92 Å². The second kappa shape index (κ2) is 6.12. The number of likely N-dealkylation sites (tertiary alicyclic amines) is 1. The first-order valence-electron chi connectivity index (χ1n) is 7.58. The van der Waals surface area contributed by atoms with Gasteiger partial charge in [-0.05, 0) is 25.7 Å². The smallest absolute Gasteiger partial charge is 0.226 e.